The number of benzene rings is 1. The topological polar surface area (TPSA) is 19.7 Å². The first kappa shape index (κ1) is 9.71. The van der Waals surface area contributed by atoms with E-state index >= 15 is 0 Å². The first-order valence-corrected chi connectivity index (χ1v) is 5.03. The summed E-state index contributed by atoms with van der Waals surface area (Å²) >= 11 is 0. The van der Waals surface area contributed by atoms with Crippen molar-refractivity contribution >= 4 is 6.08 Å². The summed E-state index contributed by atoms with van der Waals surface area (Å²) in [5.41, 5.74) is 3.64. The normalized spacial score (nSPS) is 10.2. The maximum absolute atomic E-state index is 3.74. The van der Waals surface area contributed by atoms with Crippen molar-refractivity contribution in [1.82, 2.24) is 4.98 Å². The molecule has 0 bridgehead atoms. The molecule has 76 valence electrons. The molecular weight excluding hydrogens is 184 g/mol. The van der Waals surface area contributed by atoms with Gasteiger partial charge < -0.3 is 0 Å². The third kappa shape index (κ3) is 2.34. The van der Waals surface area contributed by atoms with Crippen molar-refractivity contribution in [3.8, 4) is 0 Å². The molecule has 0 unspecified atom stereocenters. The highest BCUT2D eigenvalue weighted by atomic mass is 15.0. The summed E-state index contributed by atoms with van der Waals surface area (Å²) in [5, 5.41) is 0. The molecule has 1 N–H and O–H groups in total. The predicted octanol–water partition coefficient (Wildman–Crippen LogP) is 2.30. The van der Waals surface area contributed by atoms with Gasteiger partial charge in [-0.25, -0.2) is 9.55 Å². The zero-order valence-corrected chi connectivity index (χ0v) is 8.90. The molecule has 2 rings (SSSR count). The molecule has 0 fully saturated rings. The minimum atomic E-state index is 0.905. The van der Waals surface area contributed by atoms with Crippen LogP contribution < -0.4 is 4.57 Å². The number of hydrogen-bond acceptors (Lipinski definition) is 0. The van der Waals surface area contributed by atoms with Crippen LogP contribution in [0, 0.1) is 6.92 Å². The van der Waals surface area contributed by atoms with Crippen LogP contribution >= 0.6 is 0 Å². The van der Waals surface area contributed by atoms with Gasteiger partial charge in [0, 0.05) is 6.92 Å². The smallest absolute Gasteiger partial charge is 0.242 e. The number of nitrogens with zero attached hydrogens (tertiary/aromatic N) is 1. The van der Waals surface area contributed by atoms with Crippen molar-refractivity contribution < 1.29 is 4.57 Å². The lowest BCUT2D eigenvalue weighted by molar-refractivity contribution is -0.687. The van der Waals surface area contributed by atoms with Crippen molar-refractivity contribution in [2.75, 3.05) is 0 Å². The summed E-state index contributed by atoms with van der Waals surface area (Å²) in [5.74, 6) is 0. The van der Waals surface area contributed by atoms with E-state index in [0.29, 0.717) is 0 Å². The van der Waals surface area contributed by atoms with Crippen molar-refractivity contribution in [3.63, 3.8) is 0 Å². The lowest BCUT2D eigenvalue weighted by Crippen LogP contribution is -2.30. The van der Waals surface area contributed by atoms with Crippen LogP contribution in [0.3, 0.4) is 0 Å². The van der Waals surface area contributed by atoms with E-state index in [1.807, 2.05) is 12.4 Å². The molecule has 2 nitrogen and oxygen atoms in total. The number of aryl methyl sites for hydroxylation is 1. The molecule has 0 atom stereocenters. The number of aromatic nitrogens is 2. The van der Waals surface area contributed by atoms with E-state index < -0.39 is 0 Å². The highest BCUT2D eigenvalue weighted by Gasteiger charge is 2.01. The van der Waals surface area contributed by atoms with Gasteiger partial charge >= 0.3 is 0 Å². The van der Waals surface area contributed by atoms with Crippen LogP contribution in [0.25, 0.3) is 6.08 Å². The Balaban J connectivity index is 2.14. The Morgan fingerprint density at radius 2 is 2.07 bits per heavy atom. The molecule has 0 amide bonds. The molecule has 1 aromatic heterocycles. The summed E-state index contributed by atoms with van der Waals surface area (Å²) in [6, 6.07) is 8.43. The van der Waals surface area contributed by atoms with Gasteiger partial charge in [-0.05, 0) is 11.1 Å². The van der Waals surface area contributed by atoms with Crippen LogP contribution in [0.4, 0.5) is 0 Å². The molecule has 0 aliphatic heterocycles. The number of hydrogen-bond donors (Lipinski definition) is 1. The standard InChI is InChI=1S/C13H14N2/c1-3-12-4-6-13(7-5-12)9-15-8-11(2)14-10-15/h3-8,10H,1,9H2,2H3/p+1. The molecular formula is C13H15N2+. The number of rotatable bonds is 3. The highest BCUT2D eigenvalue weighted by Crippen LogP contribution is 2.04. The third-order valence-corrected chi connectivity index (χ3v) is 2.40. The van der Waals surface area contributed by atoms with Gasteiger partial charge in [0.15, 0.2) is 0 Å². The van der Waals surface area contributed by atoms with Gasteiger partial charge in [0.1, 0.15) is 18.4 Å². The minimum absolute atomic E-state index is 0.905. The van der Waals surface area contributed by atoms with E-state index in [1.54, 1.807) is 0 Å². The van der Waals surface area contributed by atoms with E-state index in [9.17, 15) is 0 Å². The Bertz CT molecular complexity index is 452. The molecule has 0 saturated carbocycles. The molecule has 2 aromatic rings. The number of H-pyrrole nitrogens is 1. The van der Waals surface area contributed by atoms with Gasteiger partial charge in [0.25, 0.3) is 0 Å². The van der Waals surface area contributed by atoms with E-state index in [-0.39, 0.29) is 0 Å². The summed E-state index contributed by atoms with van der Waals surface area (Å²) < 4.78 is 2.14. The van der Waals surface area contributed by atoms with E-state index in [1.165, 1.54) is 11.3 Å². The fourth-order valence-corrected chi connectivity index (χ4v) is 1.57. The average molecular weight is 199 g/mol. The van der Waals surface area contributed by atoms with Gasteiger partial charge in [-0.15, -0.1) is 0 Å². The Hall–Kier alpha value is -1.83. The van der Waals surface area contributed by atoms with Crippen molar-refractivity contribution in [2.24, 2.45) is 0 Å². The van der Waals surface area contributed by atoms with Crippen LogP contribution in [0.1, 0.15) is 16.8 Å². The summed E-state index contributed by atoms with van der Waals surface area (Å²) in [7, 11) is 0. The molecule has 0 radical (unpaired) electrons. The largest absolute Gasteiger partial charge is 0.248 e. The molecule has 0 saturated heterocycles. The summed E-state index contributed by atoms with van der Waals surface area (Å²) in [6.07, 6.45) is 5.94. The summed E-state index contributed by atoms with van der Waals surface area (Å²) in [4.78, 5) is 3.16. The molecule has 1 heterocycles. The summed E-state index contributed by atoms with van der Waals surface area (Å²) in [6.45, 7) is 6.70. The Morgan fingerprint density at radius 3 is 2.60 bits per heavy atom. The molecule has 0 spiro atoms. The zero-order chi connectivity index (χ0) is 10.7. The second-order valence-electron chi connectivity index (χ2n) is 3.70. The molecule has 2 heteroatoms. The number of aromatic amines is 1. The predicted molar refractivity (Wildman–Crippen MR) is 61.4 cm³/mol. The second kappa shape index (κ2) is 4.13. The van der Waals surface area contributed by atoms with Gasteiger partial charge in [0.2, 0.25) is 6.33 Å². The number of imidazole rings is 1. The quantitative estimate of drug-likeness (QED) is 0.732. The Labute approximate surface area is 89.9 Å². The molecule has 15 heavy (non-hydrogen) atoms. The van der Waals surface area contributed by atoms with E-state index in [0.717, 1.165) is 12.1 Å². The maximum Gasteiger partial charge on any atom is 0.242 e. The second-order valence-corrected chi connectivity index (χ2v) is 3.70. The van der Waals surface area contributed by atoms with Gasteiger partial charge in [0.05, 0.1) is 0 Å². The first-order valence-electron chi connectivity index (χ1n) is 5.03. The minimum Gasteiger partial charge on any atom is -0.248 e. The monoisotopic (exact) mass is 199 g/mol. The van der Waals surface area contributed by atoms with Crippen LogP contribution in [-0.4, -0.2) is 4.98 Å². The Kier molecular flexibility index (Phi) is 2.68. The van der Waals surface area contributed by atoms with Crippen molar-refractivity contribution in [1.29, 1.82) is 0 Å². The lowest BCUT2D eigenvalue weighted by atomic mass is 10.1. The van der Waals surface area contributed by atoms with Crippen molar-refractivity contribution in [2.45, 2.75) is 13.5 Å². The van der Waals surface area contributed by atoms with Gasteiger partial charge in [-0.2, -0.15) is 0 Å². The van der Waals surface area contributed by atoms with Crippen LogP contribution in [-0.2, 0) is 6.54 Å². The zero-order valence-electron chi connectivity index (χ0n) is 8.90. The lowest BCUT2D eigenvalue weighted by Gasteiger charge is -1.98. The van der Waals surface area contributed by atoms with Crippen LogP contribution in [0.15, 0.2) is 43.4 Å². The Morgan fingerprint density at radius 1 is 1.33 bits per heavy atom. The van der Waals surface area contributed by atoms with Gasteiger partial charge in [-0.3, -0.25) is 0 Å². The molecule has 1 aromatic carbocycles. The maximum atomic E-state index is 3.74. The molecule has 0 aliphatic carbocycles. The fraction of sp³-hybridized carbons (Fsp3) is 0.154. The molecule has 0 aliphatic rings. The van der Waals surface area contributed by atoms with Crippen LogP contribution in [0.2, 0.25) is 0 Å². The van der Waals surface area contributed by atoms with Gasteiger partial charge in [-0.1, -0.05) is 36.9 Å². The fourth-order valence-electron chi connectivity index (χ4n) is 1.57. The highest BCUT2D eigenvalue weighted by molar-refractivity contribution is 5.47. The van der Waals surface area contributed by atoms with Crippen molar-refractivity contribution in [3.05, 3.63) is 60.2 Å². The van der Waals surface area contributed by atoms with E-state index in [4.69, 9.17) is 0 Å². The average Bonchev–Trinajstić information content (AvgIpc) is 2.65. The third-order valence-electron chi connectivity index (χ3n) is 2.40. The van der Waals surface area contributed by atoms with Crippen LogP contribution in [0.5, 0.6) is 0 Å². The number of nitrogens with one attached hydrogen (secondary N) is 1. The first-order chi connectivity index (χ1) is 7.28. The SMILES string of the molecule is C=Cc1ccc(C[n+]2c[nH]c(C)c2)cc1. The van der Waals surface area contributed by atoms with E-state index in [2.05, 4.69) is 53.5 Å².